The van der Waals surface area contributed by atoms with E-state index >= 15 is 0 Å². The number of aromatic nitrogens is 1. The quantitative estimate of drug-likeness (QED) is 0.692. The Kier molecular flexibility index (Phi) is 6.97. The molecule has 1 fully saturated rings. The highest BCUT2D eigenvalue weighted by molar-refractivity contribution is 7.18. The third-order valence-electron chi connectivity index (χ3n) is 4.86. The fourth-order valence-electron chi connectivity index (χ4n) is 3.49. The topological polar surface area (TPSA) is 97.4 Å². The molecule has 1 aliphatic rings. The molecule has 1 saturated carbocycles. The largest absolute Gasteiger partial charge is 0.455 e. The monoisotopic (exact) mass is 403 g/mol. The molecule has 3 rings (SSSR count). The van der Waals surface area contributed by atoms with Gasteiger partial charge in [-0.15, -0.1) is 11.3 Å². The Balaban J connectivity index is 1.58. The molecule has 28 heavy (non-hydrogen) atoms. The number of nitrogens with one attached hydrogen (secondary N) is 2. The lowest BCUT2D eigenvalue weighted by Crippen LogP contribution is -2.39. The molecular weight excluding hydrogens is 378 g/mol. The Bertz CT molecular complexity index is 818. The Morgan fingerprint density at radius 2 is 1.93 bits per heavy atom. The minimum atomic E-state index is -0.480. The number of fused-ring (bicyclic) bond motifs is 1. The average molecular weight is 404 g/mol. The van der Waals surface area contributed by atoms with Crippen molar-refractivity contribution in [3.63, 3.8) is 0 Å². The molecule has 7 nitrogen and oxygen atoms in total. The van der Waals surface area contributed by atoms with E-state index in [1.165, 1.54) is 0 Å². The van der Waals surface area contributed by atoms with Crippen LogP contribution in [0.2, 0.25) is 0 Å². The van der Waals surface area contributed by atoms with Crippen molar-refractivity contribution < 1.29 is 19.1 Å². The van der Waals surface area contributed by atoms with Crippen LogP contribution < -0.4 is 10.6 Å². The Morgan fingerprint density at radius 3 is 2.71 bits per heavy atom. The molecule has 2 aromatic rings. The Hall–Kier alpha value is -2.48. The minimum absolute atomic E-state index is 0.0250. The minimum Gasteiger partial charge on any atom is -0.455 e. The van der Waals surface area contributed by atoms with E-state index in [4.69, 9.17) is 9.72 Å². The zero-order chi connectivity index (χ0) is 19.9. The molecule has 8 heteroatoms. The molecule has 1 aromatic heterocycles. The first-order chi connectivity index (χ1) is 13.6. The molecule has 0 radical (unpaired) electrons. The summed E-state index contributed by atoms with van der Waals surface area (Å²) in [5, 5.41) is 5.99. The van der Waals surface area contributed by atoms with Crippen molar-refractivity contribution in [3.8, 4) is 0 Å². The summed E-state index contributed by atoms with van der Waals surface area (Å²) in [4.78, 5) is 40.6. The second-order valence-electron chi connectivity index (χ2n) is 6.86. The van der Waals surface area contributed by atoms with Gasteiger partial charge in [0.15, 0.2) is 6.61 Å². The van der Waals surface area contributed by atoms with Crippen molar-refractivity contribution >= 4 is 39.3 Å². The number of benzene rings is 1. The van der Waals surface area contributed by atoms with Crippen molar-refractivity contribution in [2.45, 2.75) is 38.5 Å². The number of nitrogens with zero attached hydrogens (tertiary/aromatic N) is 1. The van der Waals surface area contributed by atoms with E-state index in [0.717, 1.165) is 40.9 Å². The van der Waals surface area contributed by atoms with Gasteiger partial charge < -0.3 is 15.4 Å². The van der Waals surface area contributed by atoms with E-state index in [2.05, 4.69) is 10.6 Å². The number of amides is 2. The van der Waals surface area contributed by atoms with Crippen LogP contribution in [0.1, 0.15) is 43.5 Å². The third kappa shape index (κ3) is 5.07. The van der Waals surface area contributed by atoms with E-state index in [0.29, 0.717) is 6.54 Å². The van der Waals surface area contributed by atoms with Crippen LogP contribution in [0.3, 0.4) is 0 Å². The Labute approximate surface area is 167 Å². The summed E-state index contributed by atoms with van der Waals surface area (Å²) in [5.74, 6) is -1.38. The molecule has 2 N–H and O–H groups in total. The number of ether oxygens (including phenoxy) is 1. The highest BCUT2D eigenvalue weighted by Crippen LogP contribution is 2.41. The summed E-state index contributed by atoms with van der Waals surface area (Å²) in [7, 11) is 0. The van der Waals surface area contributed by atoms with Crippen molar-refractivity contribution in [1.82, 2.24) is 15.6 Å². The molecule has 2 amide bonds. The van der Waals surface area contributed by atoms with Crippen LogP contribution in [0.15, 0.2) is 24.3 Å². The standard InChI is InChI=1S/C20H25N3O4S/c1-2-21-17(24)11-22-18(25)12-27-20(26)14-8-4-3-7-13(14)19-23-15-9-5-6-10-16(15)28-19/h5-6,9-10,13-14H,2-4,7-8,11-12H2,1H3,(H,21,24)(H,22,25)/t13-,14+/m1/s1. The van der Waals surface area contributed by atoms with Gasteiger partial charge in [0.25, 0.3) is 5.91 Å². The predicted octanol–water partition coefficient (Wildman–Crippen LogP) is 2.37. The van der Waals surface area contributed by atoms with Crippen LogP contribution in [0.25, 0.3) is 10.2 Å². The fraction of sp³-hybridized carbons (Fsp3) is 0.500. The van der Waals surface area contributed by atoms with Crippen molar-refractivity contribution in [2.75, 3.05) is 19.7 Å². The van der Waals surface area contributed by atoms with E-state index in [9.17, 15) is 14.4 Å². The molecule has 1 aliphatic carbocycles. The number of carbonyl (C=O) groups is 3. The van der Waals surface area contributed by atoms with E-state index < -0.39 is 5.91 Å². The average Bonchev–Trinajstić information content (AvgIpc) is 3.15. The number of carbonyl (C=O) groups excluding carboxylic acids is 3. The van der Waals surface area contributed by atoms with Crippen LogP contribution in [0.5, 0.6) is 0 Å². The molecule has 0 spiro atoms. The number of para-hydroxylation sites is 1. The number of rotatable bonds is 7. The van der Waals surface area contributed by atoms with Crippen LogP contribution in [0, 0.1) is 5.92 Å². The summed E-state index contributed by atoms with van der Waals surface area (Å²) in [6, 6.07) is 7.95. The fourth-order valence-corrected chi connectivity index (χ4v) is 4.66. The summed E-state index contributed by atoms with van der Waals surface area (Å²) in [5.41, 5.74) is 0.949. The van der Waals surface area contributed by atoms with Crippen LogP contribution in [-0.2, 0) is 19.1 Å². The summed E-state index contributed by atoms with van der Waals surface area (Å²) in [6.45, 7) is 1.80. The number of likely N-dealkylation sites (N-methyl/N-ethyl adjacent to an activating group) is 1. The molecule has 0 saturated heterocycles. The number of thiazole rings is 1. The lowest BCUT2D eigenvalue weighted by Gasteiger charge is -2.28. The first-order valence-corrected chi connectivity index (χ1v) is 10.5. The molecule has 0 aliphatic heterocycles. The van der Waals surface area contributed by atoms with Gasteiger partial charge in [-0.1, -0.05) is 25.0 Å². The van der Waals surface area contributed by atoms with Crippen LogP contribution in [-0.4, -0.2) is 42.5 Å². The maximum absolute atomic E-state index is 12.6. The smallest absolute Gasteiger partial charge is 0.310 e. The second-order valence-corrected chi connectivity index (χ2v) is 7.92. The maximum atomic E-state index is 12.6. The van der Waals surface area contributed by atoms with Crippen molar-refractivity contribution in [2.24, 2.45) is 5.92 Å². The lowest BCUT2D eigenvalue weighted by atomic mass is 9.79. The second kappa shape index (κ2) is 9.64. The molecular formula is C20H25N3O4S. The van der Waals surface area contributed by atoms with Gasteiger partial charge in [0.05, 0.1) is 27.7 Å². The van der Waals surface area contributed by atoms with Gasteiger partial charge in [0.2, 0.25) is 5.91 Å². The zero-order valence-corrected chi connectivity index (χ0v) is 16.7. The molecule has 150 valence electrons. The predicted molar refractivity (Wildman–Crippen MR) is 107 cm³/mol. The van der Waals surface area contributed by atoms with Gasteiger partial charge >= 0.3 is 5.97 Å². The highest BCUT2D eigenvalue weighted by Gasteiger charge is 2.35. The van der Waals surface area contributed by atoms with Gasteiger partial charge in [-0.3, -0.25) is 14.4 Å². The van der Waals surface area contributed by atoms with Gasteiger partial charge in [-0.25, -0.2) is 4.98 Å². The molecule has 0 bridgehead atoms. The van der Waals surface area contributed by atoms with Gasteiger partial charge in [0.1, 0.15) is 0 Å². The van der Waals surface area contributed by atoms with Crippen LogP contribution in [0.4, 0.5) is 0 Å². The first-order valence-electron chi connectivity index (χ1n) is 9.64. The highest BCUT2D eigenvalue weighted by atomic mass is 32.1. The summed E-state index contributed by atoms with van der Waals surface area (Å²) in [6.07, 6.45) is 3.64. The molecule has 0 unspecified atom stereocenters. The Morgan fingerprint density at radius 1 is 1.14 bits per heavy atom. The first kappa shape index (κ1) is 20.3. The summed E-state index contributed by atoms with van der Waals surface area (Å²) < 4.78 is 6.37. The zero-order valence-electron chi connectivity index (χ0n) is 15.9. The van der Waals surface area contributed by atoms with Gasteiger partial charge in [0, 0.05) is 12.5 Å². The number of hydrogen-bond donors (Lipinski definition) is 2. The van der Waals surface area contributed by atoms with E-state index in [1.807, 2.05) is 24.3 Å². The number of esters is 1. The van der Waals surface area contributed by atoms with Crippen molar-refractivity contribution in [3.05, 3.63) is 29.3 Å². The van der Waals surface area contributed by atoms with Gasteiger partial charge in [-0.2, -0.15) is 0 Å². The van der Waals surface area contributed by atoms with E-state index in [1.54, 1.807) is 18.3 Å². The summed E-state index contributed by atoms with van der Waals surface area (Å²) >= 11 is 1.62. The maximum Gasteiger partial charge on any atom is 0.310 e. The molecule has 2 atom stereocenters. The number of hydrogen-bond acceptors (Lipinski definition) is 6. The molecule has 1 aromatic carbocycles. The SMILES string of the molecule is CCNC(=O)CNC(=O)COC(=O)[C@H]1CCCC[C@H]1c1nc2ccccc2s1. The third-order valence-corrected chi connectivity index (χ3v) is 6.03. The van der Waals surface area contributed by atoms with Crippen molar-refractivity contribution in [1.29, 1.82) is 0 Å². The molecule has 1 heterocycles. The van der Waals surface area contributed by atoms with Crippen LogP contribution >= 0.6 is 11.3 Å². The lowest BCUT2D eigenvalue weighted by molar-refractivity contribution is -0.154. The van der Waals surface area contributed by atoms with Gasteiger partial charge in [-0.05, 0) is 31.9 Å². The normalized spacial score (nSPS) is 19.2. The van der Waals surface area contributed by atoms with E-state index in [-0.39, 0.29) is 36.9 Å².